The minimum atomic E-state index is 0.309. The van der Waals surface area contributed by atoms with E-state index in [1.54, 1.807) is 0 Å². The standard InChI is InChI=1S/C18H32N2O/c1-6-15(7-2)20(5)14-17(19-8-3)16-12-10-11-13-18(16)21-9-4/h10-13,15,17,19H,6-9,14H2,1-5H3. The van der Waals surface area contributed by atoms with Crippen LogP contribution in [0.15, 0.2) is 24.3 Å². The van der Waals surface area contributed by atoms with Gasteiger partial charge in [-0.3, -0.25) is 0 Å². The summed E-state index contributed by atoms with van der Waals surface area (Å²) in [6.07, 6.45) is 2.39. The second-order valence-corrected chi connectivity index (χ2v) is 5.49. The molecular weight excluding hydrogens is 260 g/mol. The number of rotatable bonds is 10. The van der Waals surface area contributed by atoms with E-state index in [1.165, 1.54) is 18.4 Å². The van der Waals surface area contributed by atoms with Crippen molar-refractivity contribution in [2.75, 3.05) is 26.7 Å². The molecular formula is C18H32N2O. The maximum Gasteiger partial charge on any atom is 0.124 e. The molecule has 1 rings (SSSR count). The van der Waals surface area contributed by atoms with Crippen LogP contribution in [0.3, 0.4) is 0 Å². The van der Waals surface area contributed by atoms with Gasteiger partial charge in [-0.1, -0.05) is 39.0 Å². The summed E-state index contributed by atoms with van der Waals surface area (Å²) >= 11 is 0. The number of nitrogens with one attached hydrogen (secondary N) is 1. The second kappa shape index (κ2) is 9.80. The molecule has 1 aromatic carbocycles. The Balaban J connectivity index is 2.90. The normalized spacial score (nSPS) is 12.9. The van der Waals surface area contributed by atoms with E-state index < -0.39 is 0 Å². The molecule has 0 bridgehead atoms. The topological polar surface area (TPSA) is 24.5 Å². The molecule has 0 saturated heterocycles. The number of hydrogen-bond acceptors (Lipinski definition) is 3. The summed E-state index contributed by atoms with van der Waals surface area (Å²) < 4.78 is 5.80. The molecule has 0 aliphatic heterocycles. The van der Waals surface area contributed by atoms with E-state index in [4.69, 9.17) is 4.74 Å². The summed E-state index contributed by atoms with van der Waals surface area (Å²) in [7, 11) is 2.23. The number of benzene rings is 1. The Bertz CT molecular complexity index is 391. The predicted octanol–water partition coefficient (Wildman–Crippen LogP) is 3.86. The quantitative estimate of drug-likeness (QED) is 0.709. The molecule has 1 atom stereocenters. The van der Waals surface area contributed by atoms with Gasteiger partial charge >= 0.3 is 0 Å². The van der Waals surface area contributed by atoms with Gasteiger partial charge in [-0.2, -0.15) is 0 Å². The lowest BCUT2D eigenvalue weighted by Gasteiger charge is -2.31. The van der Waals surface area contributed by atoms with Crippen LogP contribution in [-0.4, -0.2) is 37.7 Å². The van der Waals surface area contributed by atoms with Crippen molar-refractivity contribution in [1.82, 2.24) is 10.2 Å². The highest BCUT2D eigenvalue weighted by Crippen LogP contribution is 2.26. The van der Waals surface area contributed by atoms with Crippen LogP contribution in [0.25, 0.3) is 0 Å². The Morgan fingerprint density at radius 3 is 2.33 bits per heavy atom. The van der Waals surface area contributed by atoms with Gasteiger partial charge in [0.1, 0.15) is 5.75 Å². The zero-order valence-corrected chi connectivity index (χ0v) is 14.4. The maximum absolute atomic E-state index is 5.80. The van der Waals surface area contributed by atoms with E-state index in [1.807, 2.05) is 13.0 Å². The molecule has 21 heavy (non-hydrogen) atoms. The maximum atomic E-state index is 5.80. The lowest BCUT2D eigenvalue weighted by Crippen LogP contribution is -2.38. The van der Waals surface area contributed by atoms with Crippen molar-refractivity contribution in [3.63, 3.8) is 0 Å². The third-order valence-electron chi connectivity index (χ3n) is 4.08. The Labute approximate surface area is 130 Å². The predicted molar refractivity (Wildman–Crippen MR) is 91.0 cm³/mol. The molecule has 0 amide bonds. The average molecular weight is 292 g/mol. The van der Waals surface area contributed by atoms with Crippen LogP contribution in [0.5, 0.6) is 5.75 Å². The number of hydrogen-bond donors (Lipinski definition) is 1. The van der Waals surface area contributed by atoms with Gasteiger partial charge in [-0.25, -0.2) is 0 Å². The largest absolute Gasteiger partial charge is 0.494 e. The van der Waals surface area contributed by atoms with Gasteiger partial charge in [0.15, 0.2) is 0 Å². The molecule has 0 radical (unpaired) electrons. The third kappa shape index (κ3) is 5.33. The molecule has 0 aromatic heterocycles. The third-order valence-corrected chi connectivity index (χ3v) is 4.08. The first-order valence-electron chi connectivity index (χ1n) is 8.33. The highest BCUT2D eigenvalue weighted by atomic mass is 16.5. The SMILES string of the molecule is CCNC(CN(C)C(CC)CC)c1ccccc1OCC. The molecule has 3 heteroatoms. The molecule has 120 valence electrons. The summed E-state index contributed by atoms with van der Waals surface area (Å²) in [6.45, 7) is 11.4. The molecule has 0 heterocycles. The van der Waals surface area contributed by atoms with Gasteiger partial charge in [-0.15, -0.1) is 0 Å². The molecule has 0 aliphatic rings. The van der Waals surface area contributed by atoms with Crippen molar-refractivity contribution in [3.05, 3.63) is 29.8 Å². The first-order valence-corrected chi connectivity index (χ1v) is 8.33. The van der Waals surface area contributed by atoms with E-state index >= 15 is 0 Å². The Morgan fingerprint density at radius 1 is 1.10 bits per heavy atom. The fraction of sp³-hybridized carbons (Fsp3) is 0.667. The van der Waals surface area contributed by atoms with Gasteiger partial charge in [0.2, 0.25) is 0 Å². The summed E-state index contributed by atoms with van der Waals surface area (Å²) in [5, 5.41) is 3.61. The van der Waals surface area contributed by atoms with Crippen LogP contribution in [0.2, 0.25) is 0 Å². The van der Waals surface area contributed by atoms with Gasteiger partial charge in [0, 0.05) is 24.2 Å². The lowest BCUT2D eigenvalue weighted by atomic mass is 10.0. The summed E-state index contributed by atoms with van der Waals surface area (Å²) in [4.78, 5) is 2.47. The van der Waals surface area contributed by atoms with Crippen LogP contribution in [0.1, 0.15) is 52.1 Å². The molecule has 0 fully saturated rings. The van der Waals surface area contributed by atoms with Crippen molar-refractivity contribution in [1.29, 1.82) is 0 Å². The van der Waals surface area contributed by atoms with Gasteiger partial charge in [0.25, 0.3) is 0 Å². The Hall–Kier alpha value is -1.06. The summed E-state index contributed by atoms with van der Waals surface area (Å²) in [6, 6.07) is 9.34. The Kier molecular flexibility index (Phi) is 8.40. The summed E-state index contributed by atoms with van der Waals surface area (Å²) in [5.74, 6) is 1.00. The van der Waals surface area contributed by atoms with Crippen LogP contribution >= 0.6 is 0 Å². The molecule has 1 aromatic rings. The Morgan fingerprint density at radius 2 is 1.76 bits per heavy atom. The number of nitrogens with zero attached hydrogens (tertiary/aromatic N) is 1. The van der Waals surface area contributed by atoms with Gasteiger partial charge in [-0.05, 0) is 39.4 Å². The highest BCUT2D eigenvalue weighted by molar-refractivity contribution is 5.36. The molecule has 0 saturated carbocycles. The minimum Gasteiger partial charge on any atom is -0.494 e. The average Bonchev–Trinajstić information content (AvgIpc) is 2.49. The summed E-state index contributed by atoms with van der Waals surface area (Å²) in [5.41, 5.74) is 1.26. The number of likely N-dealkylation sites (N-methyl/N-ethyl adjacent to an activating group) is 2. The lowest BCUT2D eigenvalue weighted by molar-refractivity contribution is 0.204. The van der Waals surface area contributed by atoms with Gasteiger partial charge < -0.3 is 15.0 Å². The smallest absolute Gasteiger partial charge is 0.124 e. The zero-order valence-electron chi connectivity index (χ0n) is 14.4. The van der Waals surface area contributed by atoms with E-state index in [-0.39, 0.29) is 0 Å². The van der Waals surface area contributed by atoms with Crippen LogP contribution < -0.4 is 10.1 Å². The van der Waals surface area contributed by atoms with Crippen molar-refractivity contribution in [2.45, 2.75) is 52.6 Å². The van der Waals surface area contributed by atoms with E-state index in [0.29, 0.717) is 18.7 Å². The zero-order chi connectivity index (χ0) is 15.7. The van der Waals surface area contributed by atoms with Crippen molar-refractivity contribution in [2.24, 2.45) is 0 Å². The monoisotopic (exact) mass is 292 g/mol. The van der Waals surface area contributed by atoms with E-state index in [0.717, 1.165) is 18.8 Å². The van der Waals surface area contributed by atoms with Crippen LogP contribution in [-0.2, 0) is 0 Å². The second-order valence-electron chi connectivity index (χ2n) is 5.49. The fourth-order valence-corrected chi connectivity index (χ4v) is 2.92. The first-order chi connectivity index (χ1) is 10.2. The molecule has 0 aliphatic carbocycles. The minimum absolute atomic E-state index is 0.309. The van der Waals surface area contributed by atoms with Crippen molar-refractivity contribution in [3.8, 4) is 5.75 Å². The molecule has 3 nitrogen and oxygen atoms in total. The fourth-order valence-electron chi connectivity index (χ4n) is 2.92. The first kappa shape index (κ1) is 18.0. The van der Waals surface area contributed by atoms with Crippen LogP contribution in [0.4, 0.5) is 0 Å². The van der Waals surface area contributed by atoms with Gasteiger partial charge in [0.05, 0.1) is 6.61 Å². The highest BCUT2D eigenvalue weighted by Gasteiger charge is 2.20. The van der Waals surface area contributed by atoms with Crippen molar-refractivity contribution < 1.29 is 4.74 Å². The van der Waals surface area contributed by atoms with Crippen molar-refractivity contribution >= 4 is 0 Å². The number of ether oxygens (including phenoxy) is 1. The molecule has 1 N–H and O–H groups in total. The van der Waals surface area contributed by atoms with Crippen LogP contribution in [0, 0.1) is 0 Å². The molecule has 1 unspecified atom stereocenters. The van der Waals surface area contributed by atoms with E-state index in [2.05, 4.69) is 56.2 Å². The number of para-hydroxylation sites is 1. The molecule has 0 spiro atoms. The van der Waals surface area contributed by atoms with E-state index in [9.17, 15) is 0 Å².